The Bertz CT molecular complexity index is 1280. The fourth-order valence-corrected chi connectivity index (χ4v) is 5.84. The average Bonchev–Trinajstić information content (AvgIpc) is 2.81. The first-order chi connectivity index (χ1) is 16.3. The minimum Gasteiger partial charge on any atom is -0.348 e. The fourth-order valence-electron chi connectivity index (χ4n) is 4.25. The van der Waals surface area contributed by atoms with E-state index in [1.165, 1.54) is 35.9 Å². The molecule has 34 heavy (non-hydrogen) atoms. The Hall–Kier alpha value is -2.74. The van der Waals surface area contributed by atoms with Crippen molar-refractivity contribution < 1.29 is 17.6 Å². The van der Waals surface area contributed by atoms with Gasteiger partial charge in [-0.05, 0) is 61.6 Å². The number of carbonyl (C=O) groups excluding carboxylic acids is 1. The first-order valence-electron chi connectivity index (χ1n) is 11.1. The molecular weight excluding hydrogens is 475 g/mol. The molecule has 0 radical (unpaired) electrons. The third-order valence-corrected chi connectivity index (χ3v) is 8.24. The maximum absolute atomic E-state index is 14.5. The van der Waals surface area contributed by atoms with Crippen LogP contribution in [0, 0.1) is 12.7 Å². The Kier molecular flexibility index (Phi) is 7.36. The Labute approximate surface area is 204 Å². The maximum Gasteiger partial charge on any atom is 0.243 e. The molecule has 3 aromatic carbocycles. The van der Waals surface area contributed by atoms with Crippen molar-refractivity contribution in [1.82, 2.24) is 9.62 Å². The molecule has 8 heteroatoms. The fraction of sp³-hybridized carbons (Fsp3) is 0.269. The van der Waals surface area contributed by atoms with E-state index in [1.54, 1.807) is 12.1 Å². The molecule has 4 rings (SSSR count). The van der Waals surface area contributed by atoms with Gasteiger partial charge in [-0.15, -0.1) is 0 Å². The van der Waals surface area contributed by atoms with Crippen molar-refractivity contribution in [2.75, 3.05) is 6.54 Å². The molecule has 0 fully saturated rings. The molecule has 1 atom stereocenters. The van der Waals surface area contributed by atoms with Crippen LogP contribution in [0.25, 0.3) is 0 Å². The van der Waals surface area contributed by atoms with E-state index in [0.29, 0.717) is 0 Å². The van der Waals surface area contributed by atoms with Crippen molar-refractivity contribution in [2.24, 2.45) is 0 Å². The zero-order valence-electron chi connectivity index (χ0n) is 18.8. The summed E-state index contributed by atoms with van der Waals surface area (Å²) in [4.78, 5) is 13.1. The SMILES string of the molecule is Cc1ccc(S(=O)(=O)N(CC(=O)N[C@@H]2CCCc3ccccc32)Cc2c(F)cccc2Cl)cc1. The van der Waals surface area contributed by atoms with Gasteiger partial charge in [0.15, 0.2) is 0 Å². The van der Waals surface area contributed by atoms with E-state index in [1.807, 2.05) is 31.2 Å². The Morgan fingerprint density at radius 3 is 2.56 bits per heavy atom. The lowest BCUT2D eigenvalue weighted by molar-refractivity contribution is -0.122. The number of nitrogens with zero attached hydrogens (tertiary/aromatic N) is 1. The first kappa shape index (κ1) is 24.4. The summed E-state index contributed by atoms with van der Waals surface area (Å²) in [6.45, 7) is 1.03. The van der Waals surface area contributed by atoms with Crippen LogP contribution in [0.15, 0.2) is 71.6 Å². The van der Waals surface area contributed by atoms with Crippen LogP contribution in [-0.4, -0.2) is 25.2 Å². The lowest BCUT2D eigenvalue weighted by Crippen LogP contribution is -2.42. The third-order valence-electron chi connectivity index (χ3n) is 6.08. The largest absolute Gasteiger partial charge is 0.348 e. The van der Waals surface area contributed by atoms with E-state index in [-0.39, 0.29) is 28.1 Å². The van der Waals surface area contributed by atoms with Gasteiger partial charge in [0.1, 0.15) is 5.82 Å². The van der Waals surface area contributed by atoms with Gasteiger partial charge in [-0.2, -0.15) is 4.31 Å². The van der Waals surface area contributed by atoms with Crippen molar-refractivity contribution in [3.63, 3.8) is 0 Å². The summed E-state index contributed by atoms with van der Waals surface area (Å²) in [7, 11) is -4.10. The van der Waals surface area contributed by atoms with Crippen molar-refractivity contribution in [1.29, 1.82) is 0 Å². The topological polar surface area (TPSA) is 66.5 Å². The van der Waals surface area contributed by atoms with Crippen LogP contribution in [-0.2, 0) is 27.8 Å². The number of hydrogen-bond donors (Lipinski definition) is 1. The van der Waals surface area contributed by atoms with E-state index >= 15 is 0 Å². The molecule has 0 saturated heterocycles. The molecular formula is C26H26ClFN2O3S. The van der Waals surface area contributed by atoms with Gasteiger partial charge < -0.3 is 5.32 Å². The molecule has 0 bridgehead atoms. The minimum absolute atomic E-state index is 0.0238. The van der Waals surface area contributed by atoms with Crippen LogP contribution < -0.4 is 5.32 Å². The monoisotopic (exact) mass is 500 g/mol. The van der Waals surface area contributed by atoms with E-state index in [0.717, 1.165) is 34.7 Å². The summed E-state index contributed by atoms with van der Waals surface area (Å²) in [5, 5.41) is 3.08. The molecule has 0 aliphatic heterocycles. The Morgan fingerprint density at radius 1 is 1.09 bits per heavy atom. The highest BCUT2D eigenvalue weighted by Crippen LogP contribution is 2.30. The molecule has 0 spiro atoms. The normalized spacial score (nSPS) is 15.7. The minimum atomic E-state index is -4.10. The molecule has 0 heterocycles. The van der Waals surface area contributed by atoms with Crippen LogP contribution in [0.2, 0.25) is 5.02 Å². The van der Waals surface area contributed by atoms with Crippen LogP contribution in [0.1, 0.15) is 41.1 Å². The number of sulfonamides is 1. The second-order valence-corrected chi connectivity index (χ2v) is 10.8. The van der Waals surface area contributed by atoms with Crippen LogP contribution >= 0.6 is 11.6 Å². The van der Waals surface area contributed by atoms with Gasteiger partial charge in [-0.25, -0.2) is 12.8 Å². The molecule has 1 aliphatic carbocycles. The van der Waals surface area contributed by atoms with E-state index in [2.05, 4.69) is 5.32 Å². The second-order valence-electron chi connectivity index (χ2n) is 8.50. The standard InChI is InChI=1S/C26H26ClFN2O3S/c1-18-12-14-20(15-13-18)34(32,33)30(16-22-23(27)9-5-10-24(22)28)17-26(31)29-25-11-4-7-19-6-2-3-8-21(19)25/h2-3,5-6,8-10,12-15,25H,4,7,11,16-17H2,1H3,(H,29,31)/t25-/m1/s1. The van der Waals surface area contributed by atoms with Crippen LogP contribution in [0.4, 0.5) is 4.39 Å². The zero-order valence-corrected chi connectivity index (χ0v) is 20.4. The number of aryl methyl sites for hydroxylation is 2. The summed E-state index contributed by atoms with van der Waals surface area (Å²) in [6, 6.07) is 18.2. The average molecular weight is 501 g/mol. The molecule has 0 unspecified atom stereocenters. The number of halogens is 2. The van der Waals surface area contributed by atoms with Gasteiger partial charge in [0.25, 0.3) is 0 Å². The number of carbonyl (C=O) groups is 1. The van der Waals surface area contributed by atoms with Gasteiger partial charge in [-0.1, -0.05) is 59.6 Å². The number of amides is 1. The number of hydrogen-bond acceptors (Lipinski definition) is 3. The molecule has 5 nitrogen and oxygen atoms in total. The summed E-state index contributed by atoms with van der Waals surface area (Å²) in [6.07, 6.45) is 2.65. The predicted molar refractivity (Wildman–Crippen MR) is 130 cm³/mol. The lowest BCUT2D eigenvalue weighted by Gasteiger charge is -2.28. The predicted octanol–water partition coefficient (Wildman–Crippen LogP) is 5.17. The van der Waals surface area contributed by atoms with Gasteiger partial charge in [0.05, 0.1) is 17.5 Å². The van der Waals surface area contributed by atoms with Crippen molar-refractivity contribution in [3.05, 3.63) is 99.8 Å². The highest BCUT2D eigenvalue weighted by atomic mass is 35.5. The second kappa shape index (κ2) is 10.3. The highest BCUT2D eigenvalue weighted by molar-refractivity contribution is 7.89. The first-order valence-corrected chi connectivity index (χ1v) is 12.9. The smallest absolute Gasteiger partial charge is 0.243 e. The van der Waals surface area contributed by atoms with Gasteiger partial charge in [0, 0.05) is 17.1 Å². The molecule has 0 aromatic heterocycles. The third kappa shape index (κ3) is 5.32. The van der Waals surface area contributed by atoms with Crippen molar-refractivity contribution in [3.8, 4) is 0 Å². The molecule has 3 aromatic rings. The molecule has 178 valence electrons. The molecule has 1 amide bonds. The zero-order chi connectivity index (χ0) is 24.3. The molecule has 1 N–H and O–H groups in total. The summed E-state index contributed by atoms with van der Waals surface area (Å²) in [5.74, 6) is -1.08. The van der Waals surface area contributed by atoms with Gasteiger partial charge >= 0.3 is 0 Å². The quantitative estimate of drug-likeness (QED) is 0.486. The summed E-state index contributed by atoms with van der Waals surface area (Å²) >= 11 is 6.18. The lowest BCUT2D eigenvalue weighted by atomic mass is 9.88. The summed E-state index contributed by atoms with van der Waals surface area (Å²) in [5.41, 5.74) is 3.15. The van der Waals surface area contributed by atoms with Gasteiger partial charge in [0.2, 0.25) is 15.9 Å². The molecule has 0 saturated carbocycles. The number of benzene rings is 3. The van der Waals surface area contributed by atoms with E-state index < -0.39 is 28.3 Å². The summed E-state index contributed by atoms with van der Waals surface area (Å²) < 4.78 is 42.5. The van der Waals surface area contributed by atoms with Crippen molar-refractivity contribution in [2.45, 2.75) is 43.7 Å². The van der Waals surface area contributed by atoms with Crippen LogP contribution in [0.3, 0.4) is 0 Å². The molecule has 1 aliphatic rings. The van der Waals surface area contributed by atoms with Gasteiger partial charge in [-0.3, -0.25) is 4.79 Å². The van der Waals surface area contributed by atoms with Crippen molar-refractivity contribution >= 4 is 27.5 Å². The Balaban J connectivity index is 1.62. The van der Waals surface area contributed by atoms with E-state index in [9.17, 15) is 17.6 Å². The van der Waals surface area contributed by atoms with Crippen LogP contribution in [0.5, 0.6) is 0 Å². The Morgan fingerprint density at radius 2 is 1.82 bits per heavy atom. The maximum atomic E-state index is 14.5. The number of rotatable bonds is 7. The number of fused-ring (bicyclic) bond motifs is 1. The highest BCUT2D eigenvalue weighted by Gasteiger charge is 2.30. The number of nitrogens with one attached hydrogen (secondary N) is 1. The van der Waals surface area contributed by atoms with E-state index in [4.69, 9.17) is 11.6 Å².